The zero-order valence-corrected chi connectivity index (χ0v) is 11.5. The van der Waals surface area contributed by atoms with E-state index in [-0.39, 0.29) is 18.6 Å². The van der Waals surface area contributed by atoms with Gasteiger partial charge in [-0.15, -0.1) is 0 Å². The SMILES string of the molecule is O=C(NC(CO)Cc1ccccc1)c1cnccc1Cl. The first-order valence-corrected chi connectivity index (χ1v) is 6.63. The minimum absolute atomic E-state index is 0.140. The minimum Gasteiger partial charge on any atom is -0.394 e. The summed E-state index contributed by atoms with van der Waals surface area (Å²) in [4.78, 5) is 16.0. The van der Waals surface area contributed by atoms with Crippen molar-refractivity contribution in [1.82, 2.24) is 10.3 Å². The highest BCUT2D eigenvalue weighted by Gasteiger charge is 2.15. The van der Waals surface area contributed by atoms with Gasteiger partial charge in [0.1, 0.15) is 0 Å². The molecular formula is C15H15ClN2O2. The van der Waals surface area contributed by atoms with Crippen molar-refractivity contribution in [1.29, 1.82) is 0 Å². The second-order valence-corrected chi connectivity index (χ2v) is 4.81. The maximum Gasteiger partial charge on any atom is 0.254 e. The second kappa shape index (κ2) is 7.03. The van der Waals surface area contributed by atoms with Gasteiger partial charge in [-0.1, -0.05) is 41.9 Å². The van der Waals surface area contributed by atoms with Gasteiger partial charge in [0.05, 0.1) is 23.2 Å². The highest BCUT2D eigenvalue weighted by molar-refractivity contribution is 6.33. The van der Waals surface area contributed by atoms with Crippen LogP contribution in [-0.4, -0.2) is 28.6 Å². The second-order valence-electron chi connectivity index (χ2n) is 4.40. The molecular weight excluding hydrogens is 276 g/mol. The fourth-order valence-electron chi connectivity index (χ4n) is 1.87. The van der Waals surface area contributed by atoms with E-state index in [1.807, 2.05) is 30.3 Å². The van der Waals surface area contributed by atoms with Crippen molar-refractivity contribution in [2.24, 2.45) is 0 Å². The molecule has 1 aromatic carbocycles. The molecule has 2 aromatic rings. The van der Waals surface area contributed by atoms with Crippen LogP contribution in [0.4, 0.5) is 0 Å². The number of nitrogens with one attached hydrogen (secondary N) is 1. The Hall–Kier alpha value is -1.91. The first-order chi connectivity index (χ1) is 9.70. The molecule has 2 rings (SSSR count). The van der Waals surface area contributed by atoms with Crippen LogP contribution >= 0.6 is 11.6 Å². The van der Waals surface area contributed by atoms with E-state index >= 15 is 0 Å². The van der Waals surface area contributed by atoms with Crippen molar-refractivity contribution in [3.63, 3.8) is 0 Å². The lowest BCUT2D eigenvalue weighted by molar-refractivity contribution is 0.0916. The Bertz CT molecular complexity index is 575. The zero-order valence-electron chi connectivity index (χ0n) is 10.8. The van der Waals surface area contributed by atoms with Crippen molar-refractivity contribution in [3.8, 4) is 0 Å². The summed E-state index contributed by atoms with van der Waals surface area (Å²) < 4.78 is 0. The van der Waals surface area contributed by atoms with Crippen molar-refractivity contribution < 1.29 is 9.90 Å². The van der Waals surface area contributed by atoms with Crippen LogP contribution in [0.1, 0.15) is 15.9 Å². The van der Waals surface area contributed by atoms with E-state index < -0.39 is 0 Å². The third-order valence-electron chi connectivity index (χ3n) is 2.89. The molecule has 0 spiro atoms. The smallest absolute Gasteiger partial charge is 0.254 e. The molecule has 1 amide bonds. The molecule has 2 N–H and O–H groups in total. The van der Waals surface area contributed by atoms with Crippen LogP contribution < -0.4 is 5.32 Å². The van der Waals surface area contributed by atoms with E-state index in [0.29, 0.717) is 17.0 Å². The molecule has 1 aromatic heterocycles. The van der Waals surface area contributed by atoms with Crippen molar-refractivity contribution in [2.75, 3.05) is 6.61 Å². The number of benzene rings is 1. The normalized spacial score (nSPS) is 11.9. The molecule has 0 saturated carbocycles. The van der Waals surface area contributed by atoms with Crippen LogP contribution in [-0.2, 0) is 6.42 Å². The number of aromatic nitrogens is 1. The molecule has 0 fully saturated rings. The fourth-order valence-corrected chi connectivity index (χ4v) is 2.06. The largest absolute Gasteiger partial charge is 0.394 e. The number of hydrogen-bond donors (Lipinski definition) is 2. The quantitative estimate of drug-likeness (QED) is 0.886. The molecule has 1 atom stereocenters. The molecule has 0 radical (unpaired) electrons. The summed E-state index contributed by atoms with van der Waals surface area (Å²) in [6.45, 7) is -0.140. The number of carbonyl (C=O) groups excluding carboxylic acids is 1. The molecule has 0 aliphatic carbocycles. The number of carbonyl (C=O) groups is 1. The van der Waals surface area contributed by atoms with E-state index in [9.17, 15) is 9.90 Å². The van der Waals surface area contributed by atoms with E-state index in [1.54, 1.807) is 6.07 Å². The predicted octanol–water partition coefficient (Wildman–Crippen LogP) is 2.07. The summed E-state index contributed by atoms with van der Waals surface area (Å²) in [5.41, 5.74) is 1.35. The van der Waals surface area contributed by atoms with Crippen molar-refractivity contribution >= 4 is 17.5 Å². The average molecular weight is 291 g/mol. The van der Waals surface area contributed by atoms with Crippen LogP contribution in [0.25, 0.3) is 0 Å². The maximum absolute atomic E-state index is 12.1. The Morgan fingerprint density at radius 2 is 2.05 bits per heavy atom. The number of aliphatic hydroxyl groups is 1. The Morgan fingerprint density at radius 3 is 2.70 bits per heavy atom. The van der Waals surface area contributed by atoms with Gasteiger partial charge in [0, 0.05) is 12.4 Å². The minimum atomic E-state index is -0.360. The van der Waals surface area contributed by atoms with Crippen molar-refractivity contribution in [2.45, 2.75) is 12.5 Å². The lowest BCUT2D eigenvalue weighted by Crippen LogP contribution is -2.39. The van der Waals surface area contributed by atoms with Gasteiger partial charge < -0.3 is 10.4 Å². The van der Waals surface area contributed by atoms with Gasteiger partial charge in [-0.25, -0.2) is 0 Å². The molecule has 4 nitrogen and oxygen atoms in total. The number of nitrogens with zero attached hydrogens (tertiary/aromatic N) is 1. The molecule has 104 valence electrons. The lowest BCUT2D eigenvalue weighted by Gasteiger charge is -2.16. The van der Waals surface area contributed by atoms with Gasteiger partial charge in [-0.3, -0.25) is 9.78 Å². The third-order valence-corrected chi connectivity index (χ3v) is 3.22. The van der Waals surface area contributed by atoms with Crippen LogP contribution in [0, 0.1) is 0 Å². The summed E-state index contributed by atoms with van der Waals surface area (Å²) in [6, 6.07) is 10.9. The van der Waals surface area contributed by atoms with Crippen LogP contribution in [0.5, 0.6) is 0 Å². The molecule has 1 heterocycles. The highest BCUT2D eigenvalue weighted by Crippen LogP contribution is 2.13. The maximum atomic E-state index is 12.1. The number of aliphatic hydroxyl groups excluding tert-OH is 1. The number of halogens is 1. The number of amides is 1. The monoisotopic (exact) mass is 290 g/mol. The Balaban J connectivity index is 2.03. The molecule has 0 aliphatic heterocycles. The van der Waals surface area contributed by atoms with E-state index in [1.165, 1.54) is 12.4 Å². The first-order valence-electron chi connectivity index (χ1n) is 6.26. The summed E-state index contributed by atoms with van der Waals surface area (Å²) in [5, 5.41) is 12.5. The predicted molar refractivity (Wildman–Crippen MR) is 77.7 cm³/mol. The molecule has 0 aliphatic rings. The standard InChI is InChI=1S/C15H15ClN2O2/c16-14-6-7-17-9-13(14)15(20)18-12(10-19)8-11-4-2-1-3-5-11/h1-7,9,12,19H,8,10H2,(H,18,20). The summed E-state index contributed by atoms with van der Waals surface area (Å²) in [5.74, 6) is -0.335. The molecule has 5 heteroatoms. The third kappa shape index (κ3) is 3.79. The van der Waals surface area contributed by atoms with Gasteiger partial charge in [0.25, 0.3) is 5.91 Å². The van der Waals surface area contributed by atoms with E-state index in [2.05, 4.69) is 10.3 Å². The lowest BCUT2D eigenvalue weighted by atomic mass is 10.1. The van der Waals surface area contributed by atoms with Gasteiger partial charge >= 0.3 is 0 Å². The van der Waals surface area contributed by atoms with Gasteiger partial charge in [-0.05, 0) is 18.1 Å². The number of hydrogen-bond acceptors (Lipinski definition) is 3. The van der Waals surface area contributed by atoms with E-state index in [4.69, 9.17) is 11.6 Å². The Kier molecular flexibility index (Phi) is 5.09. The summed E-state index contributed by atoms with van der Waals surface area (Å²) in [6.07, 6.45) is 3.49. The number of pyridine rings is 1. The molecule has 0 bridgehead atoms. The number of rotatable bonds is 5. The molecule has 0 saturated heterocycles. The van der Waals surface area contributed by atoms with Gasteiger partial charge in [-0.2, -0.15) is 0 Å². The van der Waals surface area contributed by atoms with Gasteiger partial charge in [0.2, 0.25) is 0 Å². The van der Waals surface area contributed by atoms with Gasteiger partial charge in [0.15, 0.2) is 0 Å². The first kappa shape index (κ1) is 14.5. The summed E-state index contributed by atoms with van der Waals surface area (Å²) >= 11 is 5.94. The van der Waals surface area contributed by atoms with Crippen LogP contribution in [0.15, 0.2) is 48.8 Å². The van der Waals surface area contributed by atoms with E-state index in [0.717, 1.165) is 5.56 Å². The summed E-state index contributed by atoms with van der Waals surface area (Å²) in [7, 11) is 0. The van der Waals surface area contributed by atoms with Crippen LogP contribution in [0.2, 0.25) is 5.02 Å². The average Bonchev–Trinajstić information content (AvgIpc) is 2.48. The topological polar surface area (TPSA) is 62.2 Å². The molecule has 1 unspecified atom stereocenters. The van der Waals surface area contributed by atoms with Crippen molar-refractivity contribution in [3.05, 3.63) is 64.9 Å². The van der Waals surface area contributed by atoms with Crippen LogP contribution in [0.3, 0.4) is 0 Å². The Labute approximate surface area is 122 Å². The molecule has 20 heavy (non-hydrogen) atoms. The fraction of sp³-hybridized carbons (Fsp3) is 0.200. The Morgan fingerprint density at radius 1 is 1.30 bits per heavy atom. The highest BCUT2D eigenvalue weighted by atomic mass is 35.5. The zero-order chi connectivity index (χ0) is 14.4.